The van der Waals surface area contributed by atoms with Crippen LogP contribution in [0, 0.1) is 0 Å². The van der Waals surface area contributed by atoms with Crippen LogP contribution in [0.4, 0.5) is 0 Å². The summed E-state index contributed by atoms with van der Waals surface area (Å²) in [5, 5.41) is 8.82. The highest BCUT2D eigenvalue weighted by molar-refractivity contribution is 8.31. The lowest BCUT2D eigenvalue weighted by Gasteiger charge is -2.29. The van der Waals surface area contributed by atoms with E-state index < -0.39 is 26.7 Å². The van der Waals surface area contributed by atoms with E-state index in [-0.39, 0.29) is 5.57 Å². The Kier molecular flexibility index (Phi) is 5.57. The zero-order valence-electron chi connectivity index (χ0n) is 12.2. The highest BCUT2D eigenvalue weighted by Crippen LogP contribution is 2.51. The van der Waals surface area contributed by atoms with Gasteiger partial charge < -0.3 is 5.11 Å². The molecule has 0 aliphatic heterocycles. The third kappa shape index (κ3) is 5.16. The third-order valence-electron chi connectivity index (χ3n) is 2.63. The number of hydrogen-bond acceptors (Lipinski definition) is 5. The molecule has 0 amide bonds. The first-order valence-corrected chi connectivity index (χ1v) is 9.55. The molecule has 1 aromatic rings. The zero-order chi connectivity index (χ0) is 16.3. The zero-order valence-corrected chi connectivity index (χ0v) is 13.8. The molecular formula is C13H18O6S2. The molecule has 0 bridgehead atoms. The van der Waals surface area contributed by atoms with Crippen molar-refractivity contribution in [3.05, 3.63) is 35.4 Å². The minimum absolute atomic E-state index is 0.215. The van der Waals surface area contributed by atoms with Gasteiger partial charge in [-0.15, -0.1) is 0 Å². The second-order valence-electron chi connectivity index (χ2n) is 4.58. The summed E-state index contributed by atoms with van der Waals surface area (Å²) < 4.78 is 32.1. The van der Waals surface area contributed by atoms with Gasteiger partial charge in [-0.2, -0.15) is 12.0 Å². The fourth-order valence-corrected chi connectivity index (χ4v) is 4.47. The Hall–Kier alpha value is -1.35. The van der Waals surface area contributed by atoms with Gasteiger partial charge in [-0.25, -0.2) is 4.79 Å². The first-order valence-electron chi connectivity index (χ1n) is 5.84. The normalized spacial score (nSPS) is 14.0. The smallest absolute Gasteiger partial charge is 0.409 e. The Morgan fingerprint density at radius 2 is 1.71 bits per heavy atom. The van der Waals surface area contributed by atoms with Gasteiger partial charge in [0.05, 0.1) is 7.11 Å². The van der Waals surface area contributed by atoms with Crippen LogP contribution in [0.25, 0.3) is 6.08 Å². The summed E-state index contributed by atoms with van der Waals surface area (Å²) >= 11 is 0. The predicted octanol–water partition coefficient (Wildman–Crippen LogP) is 2.42. The quantitative estimate of drug-likeness (QED) is 0.804. The maximum absolute atomic E-state index is 11.4. The summed E-state index contributed by atoms with van der Waals surface area (Å²) in [6.45, 7) is 1.50. The molecule has 8 heteroatoms. The minimum atomic E-state index is -4.02. The average Bonchev–Trinajstić information content (AvgIpc) is 2.38. The lowest BCUT2D eigenvalue weighted by atomic mass is 10.1. The van der Waals surface area contributed by atoms with Crippen molar-refractivity contribution in [1.82, 2.24) is 0 Å². The van der Waals surface area contributed by atoms with Crippen molar-refractivity contribution < 1.29 is 26.1 Å². The van der Waals surface area contributed by atoms with Gasteiger partial charge in [-0.3, -0.25) is 4.18 Å². The number of aliphatic carboxylic acids is 1. The van der Waals surface area contributed by atoms with Gasteiger partial charge in [-0.05, 0) is 43.2 Å². The molecule has 1 N–H and O–H groups in total. The Balaban J connectivity index is 3.02. The molecule has 0 heterocycles. The monoisotopic (exact) mass is 334 g/mol. The van der Waals surface area contributed by atoms with E-state index in [1.165, 1.54) is 13.0 Å². The molecule has 0 saturated heterocycles. The van der Waals surface area contributed by atoms with Gasteiger partial charge >= 0.3 is 16.4 Å². The van der Waals surface area contributed by atoms with Crippen LogP contribution >= 0.6 is 10.3 Å². The van der Waals surface area contributed by atoms with Crippen molar-refractivity contribution in [2.24, 2.45) is 0 Å². The second kappa shape index (κ2) is 6.61. The van der Waals surface area contributed by atoms with Crippen LogP contribution in [-0.2, 0) is 23.0 Å². The Morgan fingerprint density at radius 3 is 2.14 bits per heavy atom. The summed E-state index contributed by atoms with van der Waals surface area (Å²) in [5.41, 5.74) is 0.927. The number of hydrogen-bond donors (Lipinski definition) is 1. The number of carboxylic acids is 1. The van der Waals surface area contributed by atoms with E-state index in [1.807, 2.05) is 0 Å². The molecule has 0 aliphatic carbocycles. The van der Waals surface area contributed by atoms with Gasteiger partial charge in [0, 0.05) is 10.5 Å². The fraction of sp³-hybridized carbons (Fsp3) is 0.308. The second-order valence-corrected chi connectivity index (χ2v) is 9.21. The van der Waals surface area contributed by atoms with Crippen molar-refractivity contribution in [1.29, 1.82) is 0 Å². The largest absolute Gasteiger partial charge is 0.478 e. The Bertz CT molecular complexity index is 644. The first kappa shape index (κ1) is 17.7. The van der Waals surface area contributed by atoms with E-state index >= 15 is 0 Å². The molecule has 0 aromatic heterocycles. The number of rotatable bonds is 6. The van der Waals surface area contributed by atoms with Crippen molar-refractivity contribution in [2.75, 3.05) is 19.6 Å². The van der Waals surface area contributed by atoms with E-state index in [9.17, 15) is 13.2 Å². The highest BCUT2D eigenvalue weighted by atomic mass is 32.3. The van der Waals surface area contributed by atoms with E-state index in [2.05, 4.69) is 4.18 Å². The molecule has 21 heavy (non-hydrogen) atoms. The lowest BCUT2D eigenvalue weighted by molar-refractivity contribution is -0.132. The molecule has 6 nitrogen and oxygen atoms in total. The summed E-state index contributed by atoms with van der Waals surface area (Å²) in [7, 11) is -5.02. The van der Waals surface area contributed by atoms with Crippen molar-refractivity contribution >= 4 is 32.8 Å². The Morgan fingerprint density at radius 1 is 1.19 bits per heavy atom. The molecule has 0 unspecified atom stereocenters. The fourth-order valence-electron chi connectivity index (χ4n) is 1.48. The molecule has 0 radical (unpaired) electrons. The van der Waals surface area contributed by atoms with Crippen LogP contribution in [0.5, 0.6) is 0 Å². The van der Waals surface area contributed by atoms with Crippen LogP contribution in [0.1, 0.15) is 12.5 Å². The molecule has 0 atom stereocenters. The standard InChI is InChI=1S/C13H18O6S2/c1-10(13(14)15)9-11-5-7-12(8-6-11)20(3,4)19-21(16,17)18-2/h5-9H,1-4H3,(H,14,15). The summed E-state index contributed by atoms with van der Waals surface area (Å²) in [4.78, 5) is 11.5. The SMILES string of the molecule is COS(=O)(=O)OS(C)(C)c1ccc(C=C(C)C(=O)O)cc1. The minimum Gasteiger partial charge on any atom is -0.478 e. The molecule has 0 spiro atoms. The number of benzene rings is 1. The van der Waals surface area contributed by atoms with Gasteiger partial charge in [-0.1, -0.05) is 22.4 Å². The van der Waals surface area contributed by atoms with Crippen LogP contribution < -0.4 is 0 Å². The third-order valence-corrected chi connectivity index (χ3v) is 6.47. The molecule has 0 aliphatic rings. The first-order chi connectivity index (χ1) is 9.57. The molecule has 0 fully saturated rings. The molecule has 0 saturated carbocycles. The van der Waals surface area contributed by atoms with E-state index in [0.29, 0.717) is 10.5 Å². The number of carbonyl (C=O) groups is 1. The van der Waals surface area contributed by atoms with Crippen LogP contribution in [0.15, 0.2) is 34.7 Å². The van der Waals surface area contributed by atoms with Crippen LogP contribution in [-0.4, -0.2) is 39.1 Å². The van der Waals surface area contributed by atoms with Gasteiger partial charge in [0.25, 0.3) is 0 Å². The summed E-state index contributed by atoms with van der Waals surface area (Å²) in [6.07, 6.45) is 4.88. The number of carboxylic acid groups (broad SMARTS) is 1. The summed E-state index contributed by atoms with van der Waals surface area (Å²) in [5.74, 6) is -0.987. The predicted molar refractivity (Wildman–Crippen MR) is 82.4 cm³/mol. The van der Waals surface area contributed by atoms with Crippen molar-refractivity contribution in [3.8, 4) is 0 Å². The van der Waals surface area contributed by atoms with Crippen LogP contribution in [0.3, 0.4) is 0 Å². The van der Waals surface area contributed by atoms with Gasteiger partial charge in [0.15, 0.2) is 0 Å². The van der Waals surface area contributed by atoms with Gasteiger partial charge in [0.2, 0.25) is 0 Å². The van der Waals surface area contributed by atoms with Crippen molar-refractivity contribution in [3.63, 3.8) is 0 Å². The molecule has 1 rings (SSSR count). The molecule has 118 valence electrons. The van der Waals surface area contributed by atoms with E-state index in [4.69, 9.17) is 8.74 Å². The Labute approximate surface area is 126 Å². The highest BCUT2D eigenvalue weighted by Gasteiger charge is 2.24. The summed E-state index contributed by atoms with van der Waals surface area (Å²) in [6, 6.07) is 6.83. The van der Waals surface area contributed by atoms with E-state index in [0.717, 1.165) is 7.11 Å². The lowest BCUT2D eigenvalue weighted by Crippen LogP contribution is -2.11. The van der Waals surface area contributed by atoms with Crippen LogP contribution in [0.2, 0.25) is 0 Å². The maximum atomic E-state index is 11.4. The van der Waals surface area contributed by atoms with Crippen molar-refractivity contribution in [2.45, 2.75) is 11.8 Å². The average molecular weight is 334 g/mol. The van der Waals surface area contributed by atoms with E-state index in [1.54, 1.807) is 36.8 Å². The maximum Gasteiger partial charge on any atom is 0.409 e. The molecule has 1 aromatic carbocycles. The molecular weight excluding hydrogens is 316 g/mol. The van der Waals surface area contributed by atoms with Gasteiger partial charge in [0.1, 0.15) is 0 Å². The topological polar surface area (TPSA) is 89.9 Å².